The molecule has 0 fully saturated rings. The maximum atomic E-state index is 13.3. The van der Waals surface area contributed by atoms with Crippen LogP contribution in [0, 0.1) is 5.82 Å². The molecule has 1 unspecified atom stereocenters. The smallest absolute Gasteiger partial charge is 0.256 e. The number of amidine groups is 1. The number of hydrogen-bond donors (Lipinski definition) is 1. The first-order valence-corrected chi connectivity index (χ1v) is 10.6. The quantitative estimate of drug-likeness (QED) is 0.557. The van der Waals surface area contributed by atoms with E-state index >= 15 is 0 Å². The number of aliphatic imine (C=N–C) groups is 2. The Bertz CT molecular complexity index is 1240. The van der Waals surface area contributed by atoms with Gasteiger partial charge < -0.3 is 14.8 Å². The third-order valence-corrected chi connectivity index (χ3v) is 5.44. The number of para-hydroxylation sites is 2. The van der Waals surface area contributed by atoms with Crippen LogP contribution < -0.4 is 14.8 Å². The summed E-state index contributed by atoms with van der Waals surface area (Å²) < 4.78 is 24.2. The van der Waals surface area contributed by atoms with Crippen molar-refractivity contribution in [2.75, 3.05) is 14.2 Å². The van der Waals surface area contributed by atoms with Gasteiger partial charge >= 0.3 is 0 Å². The number of carbonyl (C=O) groups is 1. The van der Waals surface area contributed by atoms with Crippen LogP contribution in [-0.4, -0.2) is 31.7 Å². The molecule has 0 aliphatic carbocycles. The zero-order chi connectivity index (χ0) is 23.4. The van der Waals surface area contributed by atoms with Crippen LogP contribution >= 0.6 is 0 Å². The van der Waals surface area contributed by atoms with Crippen LogP contribution in [0.5, 0.6) is 11.5 Å². The summed E-state index contributed by atoms with van der Waals surface area (Å²) in [7, 11) is 3.15. The molecule has 0 radical (unpaired) electrons. The van der Waals surface area contributed by atoms with Gasteiger partial charge in [-0.15, -0.1) is 0 Å². The van der Waals surface area contributed by atoms with Crippen LogP contribution in [0.25, 0.3) is 0 Å². The summed E-state index contributed by atoms with van der Waals surface area (Å²) in [5.41, 5.74) is 3.40. The van der Waals surface area contributed by atoms with Gasteiger partial charge in [-0.05, 0) is 60.5 Å². The van der Waals surface area contributed by atoms with Crippen molar-refractivity contribution in [3.8, 4) is 11.5 Å². The van der Waals surface area contributed by atoms with Crippen LogP contribution in [0.4, 0.5) is 15.8 Å². The van der Waals surface area contributed by atoms with Gasteiger partial charge in [0, 0.05) is 11.3 Å². The van der Waals surface area contributed by atoms with Crippen molar-refractivity contribution >= 4 is 28.8 Å². The highest BCUT2D eigenvalue weighted by molar-refractivity contribution is 6.19. The molecule has 3 aromatic rings. The first kappa shape index (κ1) is 22.2. The molecule has 6 nitrogen and oxygen atoms in total. The normalized spacial score (nSPS) is 15.0. The van der Waals surface area contributed by atoms with Gasteiger partial charge in [0.15, 0.2) is 11.5 Å². The van der Waals surface area contributed by atoms with E-state index in [0.29, 0.717) is 35.0 Å². The minimum atomic E-state index is -0.424. The number of benzene rings is 3. The monoisotopic (exact) mass is 445 g/mol. The van der Waals surface area contributed by atoms with E-state index in [2.05, 4.69) is 5.32 Å². The largest absolute Gasteiger partial charge is 0.493 e. The van der Waals surface area contributed by atoms with Gasteiger partial charge in [-0.1, -0.05) is 25.1 Å². The first-order chi connectivity index (χ1) is 16.0. The molecule has 33 heavy (non-hydrogen) atoms. The van der Waals surface area contributed by atoms with E-state index in [1.807, 2.05) is 49.4 Å². The summed E-state index contributed by atoms with van der Waals surface area (Å²) in [4.78, 5) is 22.7. The Hall–Kier alpha value is -4.00. The van der Waals surface area contributed by atoms with Crippen molar-refractivity contribution in [1.82, 2.24) is 5.32 Å². The molecule has 1 N–H and O–H groups in total. The number of nitrogens with one attached hydrogen (secondary N) is 1. The fourth-order valence-corrected chi connectivity index (χ4v) is 3.78. The highest BCUT2D eigenvalue weighted by Crippen LogP contribution is 2.37. The Kier molecular flexibility index (Phi) is 6.49. The summed E-state index contributed by atoms with van der Waals surface area (Å²) in [6.45, 7) is 2.01. The highest BCUT2D eigenvalue weighted by Gasteiger charge is 2.29. The van der Waals surface area contributed by atoms with Crippen molar-refractivity contribution in [2.24, 2.45) is 9.98 Å². The van der Waals surface area contributed by atoms with Crippen molar-refractivity contribution in [3.05, 3.63) is 83.7 Å². The van der Waals surface area contributed by atoms with Crippen LogP contribution in [-0.2, 0) is 0 Å². The number of fused-ring (bicyclic) bond motifs is 1. The Labute approximate surface area is 191 Å². The number of nitrogens with zero attached hydrogens (tertiary/aromatic N) is 2. The summed E-state index contributed by atoms with van der Waals surface area (Å²) in [5, 5.41) is 2.95. The fraction of sp³-hybridized carbons (Fsp3) is 0.192. The van der Waals surface area contributed by atoms with Crippen molar-refractivity contribution < 1.29 is 18.7 Å². The Morgan fingerprint density at radius 3 is 2.24 bits per heavy atom. The van der Waals surface area contributed by atoms with E-state index in [-0.39, 0.29) is 5.91 Å². The topological polar surface area (TPSA) is 72.3 Å². The number of halogens is 1. The number of hydrogen-bond acceptors (Lipinski definition) is 5. The molecular formula is C26H24FN3O3. The summed E-state index contributed by atoms with van der Waals surface area (Å²) in [5.74, 6) is 0.386. The van der Waals surface area contributed by atoms with Crippen LogP contribution in [0.1, 0.15) is 35.2 Å². The van der Waals surface area contributed by atoms with Gasteiger partial charge in [0.2, 0.25) is 0 Å². The number of amides is 1. The Balaban J connectivity index is 1.83. The molecule has 0 saturated carbocycles. The zero-order valence-corrected chi connectivity index (χ0v) is 18.6. The number of methoxy groups -OCH3 is 2. The van der Waals surface area contributed by atoms with Gasteiger partial charge in [-0.3, -0.25) is 9.79 Å². The van der Waals surface area contributed by atoms with E-state index in [9.17, 15) is 9.18 Å². The molecule has 1 atom stereocenters. The van der Waals surface area contributed by atoms with Crippen molar-refractivity contribution in [1.29, 1.82) is 0 Å². The molecule has 0 spiro atoms. The molecule has 168 valence electrons. The lowest BCUT2D eigenvalue weighted by Gasteiger charge is -2.22. The highest BCUT2D eigenvalue weighted by atomic mass is 19.1. The Morgan fingerprint density at radius 2 is 1.61 bits per heavy atom. The average molecular weight is 445 g/mol. The van der Waals surface area contributed by atoms with E-state index in [4.69, 9.17) is 19.5 Å². The lowest BCUT2D eigenvalue weighted by Crippen LogP contribution is -2.37. The van der Waals surface area contributed by atoms with Crippen LogP contribution in [0.2, 0.25) is 0 Å². The molecule has 1 aliphatic rings. The average Bonchev–Trinajstić information content (AvgIpc) is 3.00. The lowest BCUT2D eigenvalue weighted by atomic mass is 9.90. The number of carbonyl (C=O) groups excluding carboxylic acids is 1. The SMILES string of the molecule is CCC1=Nc2ccccc2N=C(NC(=O)c2ccc(F)cc2)C1c1ccc(OC)c(OC)c1. The molecule has 0 saturated heterocycles. The second-order valence-corrected chi connectivity index (χ2v) is 7.45. The van der Waals surface area contributed by atoms with Crippen molar-refractivity contribution in [2.45, 2.75) is 19.3 Å². The second kappa shape index (κ2) is 9.65. The zero-order valence-electron chi connectivity index (χ0n) is 18.6. The molecule has 0 bridgehead atoms. The molecule has 7 heteroatoms. The minimum absolute atomic E-state index is 0.331. The van der Waals surface area contributed by atoms with Gasteiger partial charge in [0.25, 0.3) is 5.91 Å². The lowest BCUT2D eigenvalue weighted by molar-refractivity contribution is 0.0976. The van der Waals surface area contributed by atoms with Crippen molar-refractivity contribution in [3.63, 3.8) is 0 Å². The van der Waals surface area contributed by atoms with E-state index < -0.39 is 11.7 Å². The molecule has 0 aromatic heterocycles. The molecule has 1 heterocycles. The maximum absolute atomic E-state index is 13.3. The Morgan fingerprint density at radius 1 is 0.939 bits per heavy atom. The predicted octanol–water partition coefficient (Wildman–Crippen LogP) is 5.58. The van der Waals surface area contributed by atoms with Crippen LogP contribution in [0.3, 0.4) is 0 Å². The molecule has 1 aliphatic heterocycles. The van der Waals surface area contributed by atoms with E-state index in [0.717, 1.165) is 17.0 Å². The summed E-state index contributed by atoms with van der Waals surface area (Å²) >= 11 is 0. The van der Waals surface area contributed by atoms with Gasteiger partial charge in [0.1, 0.15) is 11.7 Å². The third kappa shape index (κ3) is 4.62. The molecule has 4 rings (SSSR count). The second-order valence-electron chi connectivity index (χ2n) is 7.45. The maximum Gasteiger partial charge on any atom is 0.256 e. The van der Waals surface area contributed by atoms with Gasteiger partial charge in [-0.25, -0.2) is 9.38 Å². The first-order valence-electron chi connectivity index (χ1n) is 10.6. The summed E-state index contributed by atoms with van der Waals surface area (Å²) in [6, 6.07) is 18.5. The van der Waals surface area contributed by atoms with Crippen LogP contribution in [0.15, 0.2) is 76.7 Å². The molecular weight excluding hydrogens is 421 g/mol. The minimum Gasteiger partial charge on any atom is -0.493 e. The van der Waals surface area contributed by atoms with E-state index in [1.54, 1.807) is 14.2 Å². The fourth-order valence-electron chi connectivity index (χ4n) is 3.78. The standard InChI is InChI=1S/C26H24FN3O3/c1-4-19-24(17-11-14-22(32-2)23(15-17)33-3)25(29-21-8-6-5-7-20(21)28-19)30-26(31)16-9-12-18(27)13-10-16/h5-15,24H,4H2,1-3H3,(H,29,30,31). The summed E-state index contributed by atoms with van der Waals surface area (Å²) in [6.07, 6.45) is 0.638. The molecule has 3 aromatic carbocycles. The number of ether oxygens (including phenoxy) is 2. The third-order valence-electron chi connectivity index (χ3n) is 5.44. The van der Waals surface area contributed by atoms with E-state index in [1.165, 1.54) is 24.3 Å². The number of rotatable bonds is 5. The predicted molar refractivity (Wildman–Crippen MR) is 127 cm³/mol. The molecule has 1 amide bonds. The van der Waals surface area contributed by atoms with Gasteiger partial charge in [-0.2, -0.15) is 0 Å². The van der Waals surface area contributed by atoms with Gasteiger partial charge in [0.05, 0.1) is 31.5 Å².